The Morgan fingerprint density at radius 1 is 0.889 bits per heavy atom. The number of carbonyl (C=O) groups excluding carboxylic acids is 3. The van der Waals surface area contributed by atoms with Crippen LogP contribution in [0.4, 0.5) is 4.79 Å². The zero-order valence-electron chi connectivity index (χ0n) is 26.4. The fourth-order valence-electron chi connectivity index (χ4n) is 6.58. The summed E-state index contributed by atoms with van der Waals surface area (Å²) in [6.07, 6.45) is 2.07. The number of fused-ring (bicyclic) bond motifs is 1. The molecule has 0 bridgehead atoms. The Morgan fingerprint density at radius 3 is 2.18 bits per heavy atom. The number of benzene rings is 3. The molecule has 3 heterocycles. The number of piperazine rings is 1. The van der Waals surface area contributed by atoms with E-state index in [9.17, 15) is 9.59 Å². The second-order valence-electron chi connectivity index (χ2n) is 12.3. The number of hydrogen-bond donors (Lipinski definition) is 2. The number of rotatable bonds is 7. The summed E-state index contributed by atoms with van der Waals surface area (Å²) in [6, 6.07) is 22.1. The number of urea groups is 1. The van der Waals surface area contributed by atoms with Gasteiger partial charge in [-0.2, -0.15) is 0 Å². The van der Waals surface area contributed by atoms with Crippen molar-refractivity contribution in [2.75, 3.05) is 32.7 Å². The standard InChI is InChI=1S/C36H41N5O3S/c1-5-37-35(44)40-18-16-39(17-19-40)34(43)36(45-28-13-8-25(3)9-14-28)21-32(42)41(23-27-11-6-24(2)7-12-27)33(36)30-22-38-31-20-26(4)10-15-29(30)31/h6-15,20,22,33,38H,5,16-19,21,23H2,1-4H3,(H,37,44)/t33-,36-/m0/s1. The fourth-order valence-corrected chi connectivity index (χ4v) is 8.05. The molecule has 0 unspecified atom stereocenters. The topological polar surface area (TPSA) is 88.8 Å². The summed E-state index contributed by atoms with van der Waals surface area (Å²) in [6.45, 7) is 10.7. The van der Waals surface area contributed by atoms with Crippen LogP contribution in [-0.4, -0.2) is 75.0 Å². The highest BCUT2D eigenvalue weighted by Gasteiger charge is 2.59. The monoisotopic (exact) mass is 623 g/mol. The first-order valence-electron chi connectivity index (χ1n) is 15.7. The van der Waals surface area contributed by atoms with E-state index >= 15 is 4.79 Å². The Balaban J connectivity index is 1.46. The predicted molar refractivity (Wildman–Crippen MR) is 179 cm³/mol. The van der Waals surface area contributed by atoms with Gasteiger partial charge in [-0.05, 0) is 57.0 Å². The Kier molecular flexibility index (Phi) is 8.64. The number of carbonyl (C=O) groups is 3. The van der Waals surface area contributed by atoms with Crippen LogP contribution in [0.5, 0.6) is 0 Å². The van der Waals surface area contributed by atoms with Crippen LogP contribution in [0.15, 0.2) is 77.8 Å². The molecule has 45 heavy (non-hydrogen) atoms. The van der Waals surface area contributed by atoms with E-state index in [1.807, 2.05) is 42.0 Å². The van der Waals surface area contributed by atoms with E-state index in [-0.39, 0.29) is 24.3 Å². The van der Waals surface area contributed by atoms with Gasteiger partial charge in [-0.25, -0.2) is 4.79 Å². The first-order valence-corrected chi connectivity index (χ1v) is 16.5. The van der Waals surface area contributed by atoms with E-state index in [4.69, 9.17) is 0 Å². The average molecular weight is 624 g/mol. The van der Waals surface area contributed by atoms with E-state index < -0.39 is 10.8 Å². The molecule has 0 aliphatic carbocycles. The molecule has 2 saturated heterocycles. The first kappa shape index (κ1) is 30.8. The Hall–Kier alpha value is -4.24. The van der Waals surface area contributed by atoms with Crippen molar-refractivity contribution in [1.82, 2.24) is 25.0 Å². The maximum Gasteiger partial charge on any atom is 0.317 e. The normalized spacial score (nSPS) is 20.2. The lowest BCUT2D eigenvalue weighted by atomic mass is 9.90. The van der Waals surface area contributed by atoms with Gasteiger partial charge in [0.2, 0.25) is 11.8 Å². The molecule has 3 aromatic carbocycles. The number of nitrogens with zero attached hydrogens (tertiary/aromatic N) is 3. The van der Waals surface area contributed by atoms with E-state index in [1.54, 1.807) is 4.90 Å². The Morgan fingerprint density at radius 2 is 1.51 bits per heavy atom. The molecular formula is C36H41N5O3S. The molecule has 1 aromatic heterocycles. The van der Waals surface area contributed by atoms with E-state index in [0.29, 0.717) is 39.3 Å². The minimum absolute atomic E-state index is 0.0454. The Bertz CT molecular complexity index is 1710. The summed E-state index contributed by atoms with van der Waals surface area (Å²) >= 11 is 1.50. The third-order valence-corrected chi connectivity index (χ3v) is 10.4. The van der Waals surface area contributed by atoms with Gasteiger partial charge >= 0.3 is 6.03 Å². The summed E-state index contributed by atoms with van der Waals surface area (Å²) in [4.78, 5) is 51.8. The van der Waals surface area contributed by atoms with Crippen molar-refractivity contribution in [1.29, 1.82) is 0 Å². The van der Waals surface area contributed by atoms with Gasteiger partial charge in [0.15, 0.2) is 0 Å². The number of amides is 4. The quantitative estimate of drug-likeness (QED) is 0.266. The minimum atomic E-state index is -1.12. The third-order valence-electron chi connectivity index (χ3n) is 8.99. The molecule has 9 heteroatoms. The molecular weight excluding hydrogens is 582 g/mol. The van der Waals surface area contributed by atoms with Crippen molar-refractivity contribution in [3.05, 3.63) is 101 Å². The summed E-state index contributed by atoms with van der Waals surface area (Å²) in [5.41, 5.74) is 6.37. The van der Waals surface area contributed by atoms with Crippen LogP contribution in [-0.2, 0) is 16.1 Å². The molecule has 0 radical (unpaired) electrons. The van der Waals surface area contributed by atoms with Crippen LogP contribution in [0.25, 0.3) is 10.9 Å². The van der Waals surface area contributed by atoms with Crippen LogP contribution in [0.3, 0.4) is 0 Å². The van der Waals surface area contributed by atoms with Crippen LogP contribution in [0, 0.1) is 20.8 Å². The van der Waals surface area contributed by atoms with E-state index in [1.165, 1.54) is 11.8 Å². The summed E-state index contributed by atoms with van der Waals surface area (Å²) in [5.74, 6) is -0.106. The smallest absolute Gasteiger partial charge is 0.317 e. The van der Waals surface area contributed by atoms with E-state index in [0.717, 1.165) is 43.6 Å². The van der Waals surface area contributed by atoms with Crippen LogP contribution < -0.4 is 5.32 Å². The van der Waals surface area contributed by atoms with Gasteiger partial charge in [0.25, 0.3) is 0 Å². The highest BCUT2D eigenvalue weighted by Crippen LogP contribution is 2.55. The molecule has 0 spiro atoms. The Labute approximate surface area is 269 Å². The predicted octanol–water partition coefficient (Wildman–Crippen LogP) is 5.97. The summed E-state index contributed by atoms with van der Waals surface area (Å²) in [7, 11) is 0. The third kappa shape index (κ3) is 6.06. The number of aryl methyl sites for hydroxylation is 3. The van der Waals surface area contributed by atoms with E-state index in [2.05, 4.69) is 78.7 Å². The zero-order chi connectivity index (χ0) is 31.7. The lowest BCUT2D eigenvalue weighted by Gasteiger charge is -2.42. The average Bonchev–Trinajstić information content (AvgIpc) is 3.56. The molecule has 0 saturated carbocycles. The number of hydrogen-bond acceptors (Lipinski definition) is 4. The van der Waals surface area contributed by atoms with Crippen molar-refractivity contribution >= 4 is 40.5 Å². The molecule has 6 rings (SSSR count). The van der Waals surface area contributed by atoms with Crippen molar-refractivity contribution < 1.29 is 14.4 Å². The van der Waals surface area contributed by atoms with Gasteiger partial charge in [0, 0.05) is 66.8 Å². The van der Waals surface area contributed by atoms with Crippen LogP contribution in [0.1, 0.15) is 47.2 Å². The van der Waals surface area contributed by atoms with Crippen LogP contribution in [0.2, 0.25) is 0 Å². The van der Waals surface area contributed by atoms with Gasteiger partial charge in [-0.3, -0.25) is 9.59 Å². The highest BCUT2D eigenvalue weighted by atomic mass is 32.2. The minimum Gasteiger partial charge on any atom is -0.361 e. The molecule has 2 aliphatic heterocycles. The highest BCUT2D eigenvalue weighted by molar-refractivity contribution is 8.01. The van der Waals surface area contributed by atoms with Crippen molar-refractivity contribution in [2.45, 2.75) is 56.3 Å². The number of H-pyrrole nitrogens is 1. The van der Waals surface area contributed by atoms with Gasteiger partial charge in [0.05, 0.1) is 12.5 Å². The maximum atomic E-state index is 15.1. The second-order valence-corrected chi connectivity index (χ2v) is 13.7. The maximum absolute atomic E-state index is 15.1. The summed E-state index contributed by atoms with van der Waals surface area (Å²) < 4.78 is -1.12. The van der Waals surface area contributed by atoms with Gasteiger partial charge in [-0.15, -0.1) is 11.8 Å². The van der Waals surface area contributed by atoms with Gasteiger partial charge < -0.3 is 25.0 Å². The number of nitrogens with one attached hydrogen (secondary N) is 2. The summed E-state index contributed by atoms with van der Waals surface area (Å²) in [5, 5.41) is 3.88. The molecule has 2 fully saturated rings. The molecule has 234 valence electrons. The molecule has 4 aromatic rings. The number of thioether (sulfide) groups is 1. The van der Waals surface area contributed by atoms with Crippen LogP contribution >= 0.6 is 11.8 Å². The SMILES string of the molecule is CCNC(=O)N1CCN(C(=O)[C@]2(Sc3ccc(C)cc3)CC(=O)N(Cc3ccc(C)cc3)[C@H]2c2c[nH]c3cc(C)ccc23)CC1. The van der Waals surface area contributed by atoms with Gasteiger partial charge in [0.1, 0.15) is 4.75 Å². The lowest BCUT2D eigenvalue weighted by Crippen LogP contribution is -2.58. The molecule has 2 atom stereocenters. The zero-order valence-corrected chi connectivity index (χ0v) is 27.2. The van der Waals surface area contributed by atoms with Crippen molar-refractivity contribution in [2.24, 2.45) is 0 Å². The second kappa shape index (κ2) is 12.6. The lowest BCUT2D eigenvalue weighted by molar-refractivity contribution is -0.136. The van der Waals surface area contributed by atoms with Crippen molar-refractivity contribution in [3.63, 3.8) is 0 Å². The molecule has 2 aliphatic rings. The van der Waals surface area contributed by atoms with Crippen molar-refractivity contribution in [3.8, 4) is 0 Å². The largest absolute Gasteiger partial charge is 0.361 e. The first-order chi connectivity index (χ1) is 21.7. The number of aromatic nitrogens is 1. The van der Waals surface area contributed by atoms with Gasteiger partial charge in [-0.1, -0.05) is 59.7 Å². The molecule has 8 nitrogen and oxygen atoms in total. The fraction of sp³-hybridized carbons (Fsp3) is 0.361. The molecule has 2 N–H and O–H groups in total. The molecule has 4 amide bonds. The number of likely N-dealkylation sites (tertiary alicyclic amines) is 1. The number of aromatic amines is 1.